The van der Waals surface area contributed by atoms with Crippen molar-refractivity contribution in [2.45, 2.75) is 26.8 Å². The van der Waals surface area contributed by atoms with E-state index in [1.165, 1.54) is 22.9 Å². The molecule has 2 aromatic carbocycles. The van der Waals surface area contributed by atoms with Crippen molar-refractivity contribution in [2.75, 3.05) is 6.61 Å². The van der Waals surface area contributed by atoms with Gasteiger partial charge >= 0.3 is 0 Å². The van der Waals surface area contributed by atoms with Crippen LogP contribution in [-0.4, -0.2) is 33.0 Å². The van der Waals surface area contributed by atoms with Gasteiger partial charge in [-0.25, -0.2) is 0 Å². The maximum Gasteiger partial charge on any atom is 0.283 e. The maximum absolute atomic E-state index is 12.6. The molecule has 1 amide bonds. The van der Waals surface area contributed by atoms with E-state index in [9.17, 15) is 4.79 Å². The van der Waals surface area contributed by atoms with Gasteiger partial charge in [0.05, 0.1) is 12.2 Å². The van der Waals surface area contributed by atoms with Crippen molar-refractivity contribution in [1.82, 2.24) is 9.47 Å². The lowest BCUT2D eigenvalue weighted by Gasteiger charge is -2.22. The summed E-state index contributed by atoms with van der Waals surface area (Å²) >= 11 is 1.35. The summed E-state index contributed by atoms with van der Waals surface area (Å²) in [5, 5.41) is 11.9. The van der Waals surface area contributed by atoms with Gasteiger partial charge in [-0.1, -0.05) is 36.0 Å². The molecule has 2 aliphatic heterocycles. The number of aromatic nitrogens is 1. The number of aryl methyl sites for hydroxylation is 3. The van der Waals surface area contributed by atoms with Crippen molar-refractivity contribution in [3.8, 4) is 5.75 Å². The summed E-state index contributed by atoms with van der Waals surface area (Å²) in [6.07, 6.45) is 6.44. The zero-order valence-electron chi connectivity index (χ0n) is 18.5. The van der Waals surface area contributed by atoms with Crippen LogP contribution in [0.4, 0.5) is 0 Å². The van der Waals surface area contributed by atoms with Gasteiger partial charge in [-0.3, -0.25) is 15.1 Å². The minimum absolute atomic E-state index is 0.157. The molecule has 0 unspecified atom stereocenters. The van der Waals surface area contributed by atoms with Crippen LogP contribution in [0.1, 0.15) is 23.1 Å². The fourth-order valence-corrected chi connectivity index (χ4v) is 4.70. The van der Waals surface area contributed by atoms with Gasteiger partial charge in [0.2, 0.25) is 0 Å². The molecule has 0 radical (unpaired) electrons. The number of amides is 1. The highest BCUT2D eigenvalue weighted by atomic mass is 32.2. The number of hydrogen-bond acceptors (Lipinski definition) is 4. The summed E-state index contributed by atoms with van der Waals surface area (Å²) in [6.45, 7) is 5.59. The third-order valence-electron chi connectivity index (χ3n) is 5.92. The molecular formula is C26H24N4O2S. The van der Waals surface area contributed by atoms with Gasteiger partial charge in [-0.15, -0.1) is 0 Å². The average Bonchev–Trinajstić information content (AvgIpc) is 3.41. The molecule has 6 nitrogen and oxygen atoms in total. The molecule has 3 heterocycles. The third-order valence-corrected chi connectivity index (χ3v) is 6.68. The highest BCUT2D eigenvalue weighted by Crippen LogP contribution is 2.29. The first-order chi connectivity index (χ1) is 16.0. The van der Waals surface area contributed by atoms with Crippen LogP contribution in [0.3, 0.4) is 0 Å². The molecule has 166 valence electrons. The molecule has 3 aromatic rings. The summed E-state index contributed by atoms with van der Waals surface area (Å²) in [5.74, 6) is 0.676. The Morgan fingerprint density at radius 2 is 2.00 bits per heavy atom. The minimum Gasteiger partial charge on any atom is -0.494 e. The monoisotopic (exact) mass is 456 g/mol. The lowest BCUT2D eigenvalue weighted by Crippen LogP contribution is -2.35. The van der Waals surface area contributed by atoms with Crippen molar-refractivity contribution in [3.63, 3.8) is 0 Å². The Morgan fingerprint density at radius 1 is 1.15 bits per heavy atom. The topological polar surface area (TPSA) is 70.7 Å². The molecule has 5 rings (SSSR count). The van der Waals surface area contributed by atoms with E-state index < -0.39 is 0 Å². The van der Waals surface area contributed by atoms with Crippen LogP contribution in [0.2, 0.25) is 0 Å². The molecule has 0 aliphatic carbocycles. The Morgan fingerprint density at radius 3 is 2.85 bits per heavy atom. The number of para-hydroxylation sites is 1. The van der Waals surface area contributed by atoms with Gasteiger partial charge in [0.15, 0.2) is 5.17 Å². The number of carbonyl (C=O) groups is 1. The Balaban J connectivity index is 1.35. The first-order valence-corrected chi connectivity index (χ1v) is 11.7. The lowest BCUT2D eigenvalue weighted by atomic mass is 10.1. The third kappa shape index (κ3) is 4.12. The zero-order chi connectivity index (χ0) is 22.9. The Bertz CT molecular complexity index is 1370. The summed E-state index contributed by atoms with van der Waals surface area (Å²) in [5.41, 5.74) is 4.78. The van der Waals surface area contributed by atoms with E-state index in [-0.39, 0.29) is 11.7 Å². The summed E-state index contributed by atoms with van der Waals surface area (Å²) in [7, 11) is 0. The number of rotatable bonds is 6. The minimum atomic E-state index is -0.374. The van der Waals surface area contributed by atoms with Crippen LogP contribution in [0.15, 0.2) is 70.8 Å². The van der Waals surface area contributed by atoms with E-state index in [1.807, 2.05) is 35.9 Å². The molecule has 0 saturated carbocycles. The SMILES string of the molecule is Cc1ccc(OCCCn2cc(/C=C3/C(=N)N4C=CSC4=NC3=O)c3ccccc32)cc1C. The highest BCUT2D eigenvalue weighted by Gasteiger charge is 2.31. The number of amidine groups is 2. The van der Waals surface area contributed by atoms with Gasteiger partial charge in [0, 0.05) is 35.4 Å². The van der Waals surface area contributed by atoms with Crippen molar-refractivity contribution in [1.29, 1.82) is 5.41 Å². The van der Waals surface area contributed by atoms with E-state index in [0.717, 1.165) is 35.2 Å². The molecule has 1 aromatic heterocycles. The second-order valence-electron chi connectivity index (χ2n) is 8.12. The van der Waals surface area contributed by atoms with Crippen molar-refractivity contribution < 1.29 is 9.53 Å². The zero-order valence-corrected chi connectivity index (χ0v) is 19.4. The van der Waals surface area contributed by atoms with Gasteiger partial charge < -0.3 is 9.30 Å². The van der Waals surface area contributed by atoms with Gasteiger partial charge in [0.1, 0.15) is 11.6 Å². The first kappa shape index (κ1) is 21.3. The standard InChI is InChI=1S/C26H24N4O2S/c1-17-8-9-20(14-18(17)2)32-12-5-10-29-16-19(21-6-3-4-7-23(21)29)15-22-24(27)30-11-13-33-26(30)28-25(22)31/h3-4,6-9,11,13-16,27H,5,10,12H2,1-2H3/b22-15-,27-24?. The predicted octanol–water partition coefficient (Wildman–Crippen LogP) is 5.50. The van der Waals surface area contributed by atoms with Crippen LogP contribution >= 0.6 is 11.8 Å². The number of ether oxygens (including phenoxy) is 1. The number of aliphatic imine (C=N–C) groups is 1. The van der Waals surface area contributed by atoms with Crippen molar-refractivity contribution >= 4 is 45.7 Å². The van der Waals surface area contributed by atoms with Crippen molar-refractivity contribution in [2.24, 2.45) is 4.99 Å². The number of hydrogen-bond donors (Lipinski definition) is 1. The van der Waals surface area contributed by atoms with Crippen LogP contribution in [0.25, 0.3) is 17.0 Å². The van der Waals surface area contributed by atoms with Gasteiger partial charge in [-0.05, 0) is 61.1 Å². The Kier molecular flexibility index (Phi) is 5.64. The lowest BCUT2D eigenvalue weighted by molar-refractivity contribution is -0.114. The molecule has 1 N–H and O–H groups in total. The highest BCUT2D eigenvalue weighted by molar-refractivity contribution is 8.16. The molecule has 0 bridgehead atoms. The molecule has 0 saturated heterocycles. The Hall–Kier alpha value is -3.58. The predicted molar refractivity (Wildman–Crippen MR) is 135 cm³/mol. The molecule has 7 heteroatoms. The fraction of sp³-hybridized carbons (Fsp3) is 0.192. The van der Waals surface area contributed by atoms with Crippen LogP contribution < -0.4 is 4.74 Å². The second-order valence-corrected chi connectivity index (χ2v) is 9.00. The molecular weight excluding hydrogens is 432 g/mol. The van der Waals surface area contributed by atoms with E-state index >= 15 is 0 Å². The van der Waals surface area contributed by atoms with E-state index in [1.54, 1.807) is 17.2 Å². The molecule has 33 heavy (non-hydrogen) atoms. The molecule has 2 aliphatic rings. The summed E-state index contributed by atoms with van der Waals surface area (Å²) < 4.78 is 8.13. The molecule has 0 atom stereocenters. The largest absolute Gasteiger partial charge is 0.494 e. The molecule has 0 fully saturated rings. The van der Waals surface area contributed by atoms with E-state index in [0.29, 0.717) is 17.3 Å². The van der Waals surface area contributed by atoms with E-state index in [4.69, 9.17) is 10.1 Å². The quantitative estimate of drug-likeness (QED) is 0.393. The number of nitrogens with one attached hydrogen (secondary N) is 1. The van der Waals surface area contributed by atoms with Crippen LogP contribution in [-0.2, 0) is 11.3 Å². The second kappa shape index (κ2) is 8.75. The number of thioether (sulfide) groups is 1. The van der Waals surface area contributed by atoms with Crippen LogP contribution in [0.5, 0.6) is 5.75 Å². The summed E-state index contributed by atoms with van der Waals surface area (Å²) in [4.78, 5) is 18.4. The number of nitrogens with zero attached hydrogens (tertiary/aromatic N) is 3. The number of fused-ring (bicyclic) bond motifs is 2. The smallest absolute Gasteiger partial charge is 0.283 e. The van der Waals surface area contributed by atoms with Gasteiger partial charge in [0.25, 0.3) is 5.91 Å². The van der Waals surface area contributed by atoms with Gasteiger partial charge in [-0.2, -0.15) is 4.99 Å². The Labute approximate surface area is 196 Å². The first-order valence-electron chi connectivity index (χ1n) is 10.9. The van der Waals surface area contributed by atoms with E-state index in [2.05, 4.69) is 41.6 Å². The van der Waals surface area contributed by atoms with Crippen molar-refractivity contribution in [3.05, 3.63) is 82.5 Å². The number of benzene rings is 2. The van der Waals surface area contributed by atoms with Crippen LogP contribution in [0, 0.1) is 19.3 Å². The fourth-order valence-electron chi connectivity index (χ4n) is 3.99. The maximum atomic E-state index is 12.6. The summed E-state index contributed by atoms with van der Waals surface area (Å²) in [6, 6.07) is 14.3. The normalized spacial score (nSPS) is 16.6. The molecule has 0 spiro atoms. The average molecular weight is 457 g/mol. The number of carbonyl (C=O) groups excluding carboxylic acids is 1.